The first kappa shape index (κ1) is 18.0. The topological polar surface area (TPSA) is 38.8 Å². The van der Waals surface area contributed by atoms with Gasteiger partial charge in [0.1, 0.15) is 0 Å². The van der Waals surface area contributed by atoms with Crippen LogP contribution in [0.4, 0.5) is 0 Å². The molecule has 1 heterocycles. The standard InChI is InChI=1S/C18H24BrNO3/c1-4-8-23-18-15(19)10-13(11-17(18)22-5-2)9-14-12-20(3)7-6-16(14)21/h9-11H,4-8,12H2,1-3H3/b14-9+. The van der Waals surface area contributed by atoms with Gasteiger partial charge in [-0.3, -0.25) is 4.79 Å². The lowest BCUT2D eigenvalue weighted by Crippen LogP contribution is -2.32. The minimum Gasteiger partial charge on any atom is -0.490 e. The van der Waals surface area contributed by atoms with Gasteiger partial charge in [0.05, 0.1) is 17.7 Å². The van der Waals surface area contributed by atoms with Crippen molar-refractivity contribution in [1.29, 1.82) is 0 Å². The van der Waals surface area contributed by atoms with E-state index in [-0.39, 0.29) is 5.78 Å². The number of ether oxygens (including phenoxy) is 2. The second-order valence-corrected chi connectivity index (χ2v) is 6.55. The van der Waals surface area contributed by atoms with Gasteiger partial charge in [-0.2, -0.15) is 0 Å². The average molecular weight is 382 g/mol. The first-order chi connectivity index (χ1) is 11.0. The van der Waals surface area contributed by atoms with Crippen LogP contribution in [0.1, 0.15) is 32.3 Å². The monoisotopic (exact) mass is 381 g/mol. The van der Waals surface area contributed by atoms with Gasteiger partial charge in [-0.1, -0.05) is 6.92 Å². The van der Waals surface area contributed by atoms with Crippen LogP contribution in [0, 0.1) is 0 Å². The van der Waals surface area contributed by atoms with E-state index in [2.05, 4.69) is 27.8 Å². The molecule has 1 aliphatic rings. The van der Waals surface area contributed by atoms with Crippen LogP contribution >= 0.6 is 15.9 Å². The summed E-state index contributed by atoms with van der Waals surface area (Å²) >= 11 is 3.56. The molecule has 0 aromatic heterocycles. The van der Waals surface area contributed by atoms with Gasteiger partial charge in [0.25, 0.3) is 0 Å². The molecule has 1 fully saturated rings. The summed E-state index contributed by atoms with van der Waals surface area (Å²) in [7, 11) is 2.03. The number of carbonyl (C=O) groups excluding carboxylic acids is 1. The number of rotatable bonds is 6. The van der Waals surface area contributed by atoms with E-state index in [0.29, 0.717) is 31.9 Å². The molecule has 0 amide bonds. The molecular formula is C18H24BrNO3. The van der Waals surface area contributed by atoms with Gasteiger partial charge in [-0.25, -0.2) is 0 Å². The van der Waals surface area contributed by atoms with Crippen molar-refractivity contribution < 1.29 is 14.3 Å². The minimum atomic E-state index is 0.225. The van der Waals surface area contributed by atoms with Crippen LogP contribution in [-0.2, 0) is 4.79 Å². The molecule has 1 saturated heterocycles. The minimum absolute atomic E-state index is 0.225. The molecule has 0 unspecified atom stereocenters. The number of Topliss-reactive ketones (excluding diaryl/α,β-unsaturated/α-hetero) is 1. The molecular weight excluding hydrogens is 358 g/mol. The summed E-state index contributed by atoms with van der Waals surface area (Å²) < 4.78 is 12.3. The first-order valence-electron chi connectivity index (χ1n) is 8.06. The van der Waals surface area contributed by atoms with E-state index in [1.54, 1.807) is 0 Å². The number of ketones is 1. The molecule has 0 radical (unpaired) electrons. The first-order valence-corrected chi connectivity index (χ1v) is 8.85. The van der Waals surface area contributed by atoms with Crippen LogP contribution in [0.5, 0.6) is 11.5 Å². The third-order valence-electron chi connectivity index (χ3n) is 3.64. The fourth-order valence-corrected chi connectivity index (χ4v) is 3.09. The lowest BCUT2D eigenvalue weighted by Gasteiger charge is -2.23. The Balaban J connectivity index is 2.33. The van der Waals surface area contributed by atoms with Gasteiger partial charge in [-0.15, -0.1) is 0 Å². The van der Waals surface area contributed by atoms with E-state index in [1.165, 1.54) is 0 Å². The van der Waals surface area contributed by atoms with Crippen molar-refractivity contribution in [3.8, 4) is 11.5 Å². The highest BCUT2D eigenvalue weighted by molar-refractivity contribution is 9.10. The van der Waals surface area contributed by atoms with Crippen molar-refractivity contribution in [2.24, 2.45) is 0 Å². The maximum atomic E-state index is 12.1. The molecule has 5 heteroatoms. The van der Waals surface area contributed by atoms with Crippen molar-refractivity contribution in [3.63, 3.8) is 0 Å². The third-order valence-corrected chi connectivity index (χ3v) is 4.23. The summed E-state index contributed by atoms with van der Waals surface area (Å²) in [5.74, 6) is 1.66. The lowest BCUT2D eigenvalue weighted by molar-refractivity contribution is -0.117. The van der Waals surface area contributed by atoms with E-state index in [9.17, 15) is 4.79 Å². The van der Waals surface area contributed by atoms with E-state index in [0.717, 1.165) is 34.3 Å². The highest BCUT2D eigenvalue weighted by Gasteiger charge is 2.19. The molecule has 126 valence electrons. The van der Waals surface area contributed by atoms with Crippen molar-refractivity contribution in [2.45, 2.75) is 26.7 Å². The lowest BCUT2D eigenvalue weighted by atomic mass is 10.0. The van der Waals surface area contributed by atoms with Gasteiger partial charge >= 0.3 is 0 Å². The molecule has 0 N–H and O–H groups in total. The predicted octanol–water partition coefficient (Wildman–Crippen LogP) is 3.92. The van der Waals surface area contributed by atoms with E-state index in [4.69, 9.17) is 9.47 Å². The summed E-state index contributed by atoms with van der Waals surface area (Å²) in [5, 5.41) is 0. The Hall–Kier alpha value is -1.33. The Kier molecular flexibility index (Phi) is 6.66. The maximum absolute atomic E-state index is 12.1. The molecule has 0 saturated carbocycles. The number of halogens is 1. The zero-order valence-electron chi connectivity index (χ0n) is 14.0. The number of carbonyl (C=O) groups is 1. The molecule has 0 spiro atoms. The van der Waals surface area contributed by atoms with Crippen molar-refractivity contribution in [3.05, 3.63) is 27.7 Å². The second kappa shape index (κ2) is 8.50. The highest BCUT2D eigenvalue weighted by Crippen LogP contribution is 2.37. The smallest absolute Gasteiger partial charge is 0.175 e. The number of benzene rings is 1. The fraction of sp³-hybridized carbons (Fsp3) is 0.500. The van der Waals surface area contributed by atoms with Crippen molar-refractivity contribution in [2.75, 3.05) is 33.4 Å². The highest BCUT2D eigenvalue weighted by atomic mass is 79.9. The predicted molar refractivity (Wildman–Crippen MR) is 96.2 cm³/mol. The van der Waals surface area contributed by atoms with Crippen LogP contribution < -0.4 is 9.47 Å². The Morgan fingerprint density at radius 2 is 2.09 bits per heavy atom. The summed E-state index contributed by atoms with van der Waals surface area (Å²) in [6, 6.07) is 3.91. The SMILES string of the molecule is CCCOc1c(Br)cc(/C=C2\CN(C)CCC2=O)cc1OCC. The second-order valence-electron chi connectivity index (χ2n) is 5.69. The molecule has 0 aliphatic carbocycles. The van der Waals surface area contributed by atoms with E-state index in [1.807, 2.05) is 32.2 Å². The summed E-state index contributed by atoms with van der Waals surface area (Å²) in [5.41, 5.74) is 1.79. The summed E-state index contributed by atoms with van der Waals surface area (Å²) in [6.45, 7) is 6.74. The normalized spacial score (nSPS) is 17.6. The number of piperidine rings is 1. The van der Waals surface area contributed by atoms with Crippen LogP contribution in [0.25, 0.3) is 6.08 Å². The molecule has 1 aliphatic heterocycles. The van der Waals surface area contributed by atoms with E-state index >= 15 is 0 Å². The van der Waals surface area contributed by atoms with Crippen molar-refractivity contribution in [1.82, 2.24) is 4.90 Å². The average Bonchev–Trinajstić information content (AvgIpc) is 2.50. The van der Waals surface area contributed by atoms with Crippen LogP contribution in [0.2, 0.25) is 0 Å². The molecule has 0 bridgehead atoms. The number of hydrogen-bond acceptors (Lipinski definition) is 4. The van der Waals surface area contributed by atoms with Crippen LogP contribution in [0.3, 0.4) is 0 Å². The zero-order valence-corrected chi connectivity index (χ0v) is 15.6. The van der Waals surface area contributed by atoms with Gasteiger partial charge in [-0.05, 0) is 60.1 Å². The Bertz CT molecular complexity index is 598. The molecule has 23 heavy (non-hydrogen) atoms. The number of likely N-dealkylation sites (tertiary alicyclic amines) is 1. The third kappa shape index (κ3) is 4.82. The Morgan fingerprint density at radius 1 is 1.30 bits per heavy atom. The number of nitrogens with zero attached hydrogens (tertiary/aromatic N) is 1. The van der Waals surface area contributed by atoms with Gasteiger partial charge < -0.3 is 14.4 Å². The fourth-order valence-electron chi connectivity index (χ4n) is 2.52. The Labute approximate surface area is 146 Å². The van der Waals surface area contributed by atoms with E-state index < -0.39 is 0 Å². The Morgan fingerprint density at radius 3 is 2.78 bits per heavy atom. The number of hydrogen-bond donors (Lipinski definition) is 0. The molecule has 1 aromatic carbocycles. The summed E-state index contributed by atoms with van der Waals surface area (Å²) in [4.78, 5) is 14.2. The number of likely N-dealkylation sites (N-methyl/N-ethyl adjacent to an activating group) is 1. The van der Waals surface area contributed by atoms with Crippen LogP contribution in [-0.4, -0.2) is 44.0 Å². The summed E-state index contributed by atoms with van der Waals surface area (Å²) in [6.07, 6.45) is 3.47. The molecule has 0 atom stereocenters. The largest absolute Gasteiger partial charge is 0.490 e. The molecule has 4 nitrogen and oxygen atoms in total. The maximum Gasteiger partial charge on any atom is 0.175 e. The molecule has 1 aromatic rings. The molecule has 2 rings (SSSR count). The van der Waals surface area contributed by atoms with Crippen LogP contribution in [0.15, 0.2) is 22.2 Å². The van der Waals surface area contributed by atoms with Gasteiger partial charge in [0, 0.05) is 25.1 Å². The quantitative estimate of drug-likeness (QED) is 0.699. The van der Waals surface area contributed by atoms with Gasteiger partial charge in [0.15, 0.2) is 17.3 Å². The van der Waals surface area contributed by atoms with Gasteiger partial charge in [0.2, 0.25) is 0 Å². The zero-order chi connectivity index (χ0) is 16.8. The van der Waals surface area contributed by atoms with Crippen molar-refractivity contribution >= 4 is 27.8 Å².